The molecule has 0 amide bonds. The van der Waals surface area contributed by atoms with Crippen LogP contribution in [-0.4, -0.2) is 22.5 Å². The van der Waals surface area contributed by atoms with Crippen LogP contribution in [0.25, 0.3) is 0 Å². The summed E-state index contributed by atoms with van der Waals surface area (Å²) in [6.45, 7) is 5.29. The number of pyridine rings is 1. The fourth-order valence-corrected chi connectivity index (χ4v) is 2.73. The van der Waals surface area contributed by atoms with Crippen molar-refractivity contribution in [2.45, 2.75) is 31.4 Å². The van der Waals surface area contributed by atoms with Crippen molar-refractivity contribution in [2.24, 2.45) is 0 Å². The van der Waals surface area contributed by atoms with Crippen LogP contribution < -0.4 is 11.1 Å². The maximum atomic E-state index is 5.87. The van der Waals surface area contributed by atoms with Crippen molar-refractivity contribution < 1.29 is 0 Å². The third kappa shape index (κ3) is 3.96. The maximum absolute atomic E-state index is 5.87. The Morgan fingerprint density at radius 3 is 2.53 bits per heavy atom. The van der Waals surface area contributed by atoms with Crippen LogP contribution in [0.3, 0.4) is 0 Å². The highest BCUT2D eigenvalue weighted by molar-refractivity contribution is 8.00. The van der Waals surface area contributed by atoms with Crippen LogP contribution in [0.5, 0.6) is 0 Å². The fraction of sp³-hybridized carbons (Fsp3) is 0.583. The molecule has 17 heavy (non-hydrogen) atoms. The number of hydrogen-bond donors (Lipinski definition) is 2. The zero-order valence-corrected chi connectivity index (χ0v) is 12.2. The first kappa shape index (κ1) is 14.5. The van der Waals surface area contributed by atoms with Gasteiger partial charge in [0.05, 0.1) is 0 Å². The predicted octanol–water partition coefficient (Wildman–Crippen LogP) is 3.65. The third-order valence-electron chi connectivity index (χ3n) is 3.13. The Bertz CT molecular complexity index is 338. The minimum absolute atomic E-state index is 0.249. The molecule has 3 N–H and O–H groups in total. The first-order valence-corrected chi connectivity index (χ1v) is 7.37. The van der Waals surface area contributed by atoms with Gasteiger partial charge in [-0.05, 0) is 25.2 Å². The van der Waals surface area contributed by atoms with E-state index in [0.29, 0.717) is 10.8 Å². The van der Waals surface area contributed by atoms with Crippen LogP contribution in [0.15, 0.2) is 12.1 Å². The average molecular weight is 274 g/mol. The van der Waals surface area contributed by atoms with Gasteiger partial charge in [-0.2, -0.15) is 11.8 Å². The van der Waals surface area contributed by atoms with Crippen LogP contribution in [0.1, 0.15) is 26.7 Å². The summed E-state index contributed by atoms with van der Waals surface area (Å²) in [5, 5.41) is 3.75. The van der Waals surface area contributed by atoms with E-state index in [0.717, 1.165) is 25.2 Å². The van der Waals surface area contributed by atoms with E-state index in [9.17, 15) is 0 Å². The number of thioether (sulfide) groups is 1. The second kappa shape index (κ2) is 6.36. The van der Waals surface area contributed by atoms with E-state index >= 15 is 0 Å². The molecule has 0 atom stereocenters. The second-order valence-corrected chi connectivity index (χ2v) is 5.72. The largest absolute Gasteiger partial charge is 0.399 e. The molecule has 0 aliphatic rings. The van der Waals surface area contributed by atoms with Gasteiger partial charge in [-0.3, -0.25) is 0 Å². The zero-order valence-electron chi connectivity index (χ0n) is 10.6. The third-order valence-corrected chi connectivity index (χ3v) is 4.91. The molecule has 1 aromatic rings. The van der Waals surface area contributed by atoms with Gasteiger partial charge in [-0.1, -0.05) is 25.4 Å². The SMILES string of the molecule is CCC(CC)(CNc1cc(N)cc(Cl)n1)SC. The van der Waals surface area contributed by atoms with Crippen LogP contribution in [-0.2, 0) is 0 Å². The van der Waals surface area contributed by atoms with Gasteiger partial charge in [-0.15, -0.1) is 0 Å². The summed E-state index contributed by atoms with van der Waals surface area (Å²) in [7, 11) is 0. The number of nitrogen functional groups attached to an aromatic ring is 1. The molecule has 1 rings (SSSR count). The van der Waals surface area contributed by atoms with E-state index in [2.05, 4.69) is 30.4 Å². The molecule has 0 aliphatic heterocycles. The average Bonchev–Trinajstić information content (AvgIpc) is 2.30. The molecule has 0 spiro atoms. The fourth-order valence-electron chi connectivity index (χ4n) is 1.72. The highest BCUT2D eigenvalue weighted by atomic mass is 35.5. The highest BCUT2D eigenvalue weighted by Gasteiger charge is 2.24. The van der Waals surface area contributed by atoms with Crippen molar-refractivity contribution in [3.63, 3.8) is 0 Å². The normalized spacial score (nSPS) is 11.5. The van der Waals surface area contributed by atoms with Gasteiger partial charge in [0.1, 0.15) is 11.0 Å². The van der Waals surface area contributed by atoms with Crippen molar-refractivity contribution in [1.82, 2.24) is 4.98 Å². The van der Waals surface area contributed by atoms with E-state index in [4.69, 9.17) is 17.3 Å². The van der Waals surface area contributed by atoms with E-state index in [1.54, 1.807) is 6.07 Å². The summed E-state index contributed by atoms with van der Waals surface area (Å²) in [5.74, 6) is 0.746. The molecule has 0 aromatic carbocycles. The molecule has 0 bridgehead atoms. The predicted molar refractivity (Wildman–Crippen MR) is 79.0 cm³/mol. The molecule has 0 saturated carbocycles. The van der Waals surface area contributed by atoms with Gasteiger partial charge in [0.2, 0.25) is 0 Å². The summed E-state index contributed by atoms with van der Waals surface area (Å²) < 4.78 is 0.249. The van der Waals surface area contributed by atoms with Gasteiger partial charge >= 0.3 is 0 Å². The number of rotatable bonds is 6. The van der Waals surface area contributed by atoms with Gasteiger partial charge in [0, 0.05) is 23.0 Å². The molecule has 0 saturated heterocycles. The highest BCUT2D eigenvalue weighted by Crippen LogP contribution is 2.30. The van der Waals surface area contributed by atoms with Gasteiger partial charge in [-0.25, -0.2) is 4.98 Å². The summed E-state index contributed by atoms with van der Waals surface area (Å²) in [4.78, 5) is 4.21. The molecule has 0 radical (unpaired) electrons. The topological polar surface area (TPSA) is 50.9 Å². The van der Waals surface area contributed by atoms with Crippen LogP contribution >= 0.6 is 23.4 Å². The molecule has 1 heterocycles. The lowest BCUT2D eigenvalue weighted by molar-refractivity contribution is 0.574. The van der Waals surface area contributed by atoms with Crippen LogP contribution in [0.2, 0.25) is 5.15 Å². The number of halogens is 1. The van der Waals surface area contributed by atoms with Crippen LogP contribution in [0.4, 0.5) is 11.5 Å². The standard InChI is InChI=1S/C12H20ClN3S/c1-4-12(5-2,17-3)8-15-11-7-9(14)6-10(13)16-11/h6-7H,4-5,8H2,1-3H3,(H3,14,15,16). The van der Waals surface area contributed by atoms with E-state index < -0.39 is 0 Å². The van der Waals surface area contributed by atoms with E-state index in [-0.39, 0.29) is 4.75 Å². The van der Waals surface area contributed by atoms with Gasteiger partial charge in [0.25, 0.3) is 0 Å². The Balaban J connectivity index is 2.71. The zero-order chi connectivity index (χ0) is 12.9. The van der Waals surface area contributed by atoms with Crippen molar-refractivity contribution in [3.05, 3.63) is 17.3 Å². The molecular weight excluding hydrogens is 254 g/mol. The molecular formula is C12H20ClN3S. The minimum atomic E-state index is 0.249. The lowest BCUT2D eigenvalue weighted by Gasteiger charge is -2.30. The minimum Gasteiger partial charge on any atom is -0.399 e. The number of hydrogen-bond acceptors (Lipinski definition) is 4. The molecule has 0 aliphatic carbocycles. The van der Waals surface area contributed by atoms with Gasteiger partial charge in [0.15, 0.2) is 0 Å². The smallest absolute Gasteiger partial charge is 0.133 e. The number of anilines is 2. The van der Waals surface area contributed by atoms with Crippen LogP contribution in [0, 0.1) is 0 Å². The molecule has 0 fully saturated rings. The summed E-state index contributed by atoms with van der Waals surface area (Å²) in [6.07, 6.45) is 4.38. The number of nitrogens with one attached hydrogen (secondary N) is 1. The van der Waals surface area contributed by atoms with E-state index in [1.807, 2.05) is 17.8 Å². The Labute approximate surface area is 113 Å². The number of nitrogens with zero attached hydrogens (tertiary/aromatic N) is 1. The molecule has 5 heteroatoms. The maximum Gasteiger partial charge on any atom is 0.133 e. The Hall–Kier alpha value is -0.610. The van der Waals surface area contributed by atoms with Gasteiger partial charge < -0.3 is 11.1 Å². The quantitative estimate of drug-likeness (QED) is 0.777. The Morgan fingerprint density at radius 1 is 1.41 bits per heavy atom. The summed E-state index contributed by atoms with van der Waals surface area (Å²) in [6, 6.07) is 3.45. The molecule has 0 unspecified atom stereocenters. The monoisotopic (exact) mass is 273 g/mol. The van der Waals surface area contributed by atoms with E-state index in [1.165, 1.54) is 0 Å². The molecule has 96 valence electrons. The van der Waals surface area contributed by atoms with Crippen molar-refractivity contribution >= 4 is 34.9 Å². The molecule has 1 aromatic heterocycles. The van der Waals surface area contributed by atoms with Crippen molar-refractivity contribution in [3.8, 4) is 0 Å². The lowest BCUT2D eigenvalue weighted by atomic mass is 10.0. The second-order valence-electron chi connectivity index (χ2n) is 4.06. The Kier molecular flexibility index (Phi) is 5.40. The number of aromatic nitrogens is 1. The molecule has 3 nitrogen and oxygen atoms in total. The van der Waals surface area contributed by atoms with Crippen molar-refractivity contribution in [2.75, 3.05) is 23.9 Å². The summed E-state index contributed by atoms with van der Waals surface area (Å²) >= 11 is 7.76. The number of nitrogens with two attached hydrogens (primary N) is 1. The Morgan fingerprint density at radius 2 is 2.06 bits per heavy atom. The van der Waals surface area contributed by atoms with Crippen molar-refractivity contribution in [1.29, 1.82) is 0 Å². The first-order chi connectivity index (χ1) is 8.05. The summed E-state index contributed by atoms with van der Waals surface area (Å²) in [5.41, 5.74) is 6.36. The first-order valence-electron chi connectivity index (χ1n) is 5.77. The lowest BCUT2D eigenvalue weighted by Crippen LogP contribution is -2.32.